The third kappa shape index (κ3) is 8.03. The maximum Gasteiger partial charge on any atom is -0.0114 e. The van der Waals surface area contributed by atoms with Crippen LogP contribution in [0, 0.1) is 6.92 Å². The molecule has 0 aromatic heterocycles. The normalized spacial score (nSPS) is 10.2. The van der Waals surface area contributed by atoms with Crippen LogP contribution in [0.15, 0.2) is 109 Å². The minimum absolute atomic E-state index is 0. The Morgan fingerprint density at radius 1 is 0.632 bits per heavy atom. The van der Waals surface area contributed by atoms with Gasteiger partial charge in [-0.25, -0.2) is 0 Å². The summed E-state index contributed by atoms with van der Waals surface area (Å²) in [7, 11) is 0. The molecule has 0 N–H and O–H groups in total. The van der Waals surface area contributed by atoms with E-state index < -0.39 is 0 Å². The van der Waals surface area contributed by atoms with Gasteiger partial charge in [0.05, 0.1) is 0 Å². The quantitative estimate of drug-likeness (QED) is 0.199. The zero-order valence-electron chi connectivity index (χ0n) is 22.7. The number of hydrogen-bond acceptors (Lipinski definition) is 0. The maximum absolute atomic E-state index is 2.31. The molecule has 0 unspecified atom stereocenters. The summed E-state index contributed by atoms with van der Waals surface area (Å²) in [4.78, 5) is 0. The average molecular weight is 633 g/mol. The van der Waals surface area contributed by atoms with E-state index in [1.54, 1.807) is 23.3 Å². The molecule has 0 amide bonds. The van der Waals surface area contributed by atoms with E-state index in [1.165, 1.54) is 54.6 Å². The van der Waals surface area contributed by atoms with Crippen LogP contribution >= 0.6 is 0 Å². The van der Waals surface area contributed by atoms with Crippen LogP contribution in [-0.2, 0) is 23.3 Å². The maximum atomic E-state index is 2.31. The summed E-state index contributed by atoms with van der Waals surface area (Å²) in [5, 5.41) is 8.02. The standard InChI is InChI=1S/C20H15.C12H13.C2H6Si.2ClH.Zr/c1-14-12-16-8-5-11-19(20(16)13-14)18-10-4-7-15-6-2-3-9-17(15)18;1-9(2)12-7-10-5-3-4-6-11(10)8-12;1-3-2;;;/h2-13H,1H3;3-9H,1-2H3;1-2H3;2*1H;/q2*-1;;;;+2/p-2. The van der Waals surface area contributed by atoms with Crippen LogP contribution in [0.1, 0.15) is 30.9 Å². The first-order valence-electron chi connectivity index (χ1n) is 12.6. The molecule has 6 aromatic carbocycles. The van der Waals surface area contributed by atoms with Crippen molar-refractivity contribution in [1.29, 1.82) is 0 Å². The first kappa shape index (κ1) is 32.3. The first-order chi connectivity index (χ1) is 17.3. The molecule has 0 saturated carbocycles. The molecule has 0 aliphatic rings. The summed E-state index contributed by atoms with van der Waals surface area (Å²) >= 11 is 1.74. The molecular weight excluding hydrogens is 599 g/mol. The van der Waals surface area contributed by atoms with Gasteiger partial charge in [0.15, 0.2) is 0 Å². The minimum Gasteiger partial charge on any atom is -1.00 e. The molecule has 38 heavy (non-hydrogen) atoms. The fourth-order valence-corrected chi connectivity index (χ4v) is 4.59. The second-order valence-corrected chi connectivity index (χ2v) is 19.3. The van der Waals surface area contributed by atoms with Crippen LogP contribution in [0.5, 0.6) is 0 Å². The van der Waals surface area contributed by atoms with Crippen LogP contribution in [0.3, 0.4) is 0 Å². The van der Waals surface area contributed by atoms with Gasteiger partial charge in [-0.15, -0.1) is 75.1 Å². The van der Waals surface area contributed by atoms with Gasteiger partial charge in [-0.3, -0.25) is 0 Å². The Labute approximate surface area is 255 Å². The number of halogens is 2. The Bertz CT molecular complexity index is 1580. The molecule has 0 aliphatic heterocycles. The van der Waals surface area contributed by atoms with Gasteiger partial charge < -0.3 is 24.8 Å². The number of rotatable bonds is 2. The van der Waals surface area contributed by atoms with Gasteiger partial charge in [0.1, 0.15) is 0 Å². The average Bonchev–Trinajstić information content (AvgIpc) is 3.46. The van der Waals surface area contributed by atoms with Gasteiger partial charge in [0.25, 0.3) is 0 Å². The van der Waals surface area contributed by atoms with Crippen molar-refractivity contribution >= 4 is 37.8 Å². The summed E-state index contributed by atoms with van der Waals surface area (Å²) < 4.78 is 0. The van der Waals surface area contributed by atoms with Gasteiger partial charge in [-0.05, 0) is 22.3 Å². The van der Waals surface area contributed by atoms with Crippen molar-refractivity contribution in [3.05, 3.63) is 120 Å². The predicted octanol–water partition coefficient (Wildman–Crippen LogP) is 4.16. The molecule has 0 nitrogen and oxygen atoms in total. The van der Waals surface area contributed by atoms with Crippen molar-refractivity contribution in [2.75, 3.05) is 0 Å². The van der Waals surface area contributed by atoms with Gasteiger partial charge in [-0.2, -0.15) is 12.1 Å². The van der Waals surface area contributed by atoms with Crippen molar-refractivity contribution in [3.63, 3.8) is 0 Å². The topological polar surface area (TPSA) is 0 Å². The number of fused-ring (bicyclic) bond motifs is 3. The van der Waals surface area contributed by atoms with E-state index in [1.807, 2.05) is 0 Å². The number of aryl methyl sites for hydroxylation is 1. The van der Waals surface area contributed by atoms with E-state index in [0.717, 1.165) is 0 Å². The van der Waals surface area contributed by atoms with Gasteiger partial charge in [0.2, 0.25) is 0 Å². The number of benzene rings is 4. The number of hydrogen-bond donors (Lipinski definition) is 0. The van der Waals surface area contributed by atoms with Crippen molar-refractivity contribution in [3.8, 4) is 11.1 Å². The molecule has 4 heteroatoms. The molecule has 0 fully saturated rings. The fraction of sp³-hybridized carbons (Fsp3) is 0.176. The molecule has 0 atom stereocenters. The third-order valence-corrected chi connectivity index (χ3v) is 6.28. The smallest absolute Gasteiger partial charge is 0.0114 e. The summed E-state index contributed by atoms with van der Waals surface area (Å²) in [5.41, 5.74) is 5.62. The van der Waals surface area contributed by atoms with Crippen LogP contribution in [0.4, 0.5) is 0 Å². The van der Waals surface area contributed by atoms with E-state index in [0.29, 0.717) is 5.92 Å². The van der Waals surface area contributed by atoms with Gasteiger partial charge in [0, 0.05) is 0 Å². The summed E-state index contributed by atoms with van der Waals surface area (Å²) in [6.07, 6.45) is 0. The minimum atomic E-state index is 0. The second-order valence-electron chi connectivity index (χ2n) is 9.94. The van der Waals surface area contributed by atoms with Crippen molar-refractivity contribution in [1.82, 2.24) is 0 Å². The molecule has 0 aliphatic carbocycles. The van der Waals surface area contributed by atoms with Gasteiger partial charge in [-0.1, -0.05) is 80.9 Å². The summed E-state index contributed by atoms with van der Waals surface area (Å²) in [6, 6.07) is 39.3. The van der Waals surface area contributed by atoms with Crippen LogP contribution < -0.4 is 24.8 Å². The van der Waals surface area contributed by atoms with Crippen LogP contribution in [0.25, 0.3) is 43.4 Å². The van der Waals surface area contributed by atoms with Crippen LogP contribution in [0.2, 0.25) is 13.1 Å². The Hall–Kier alpha value is -1.96. The summed E-state index contributed by atoms with van der Waals surface area (Å²) in [5.74, 6) is 0.636. The van der Waals surface area contributed by atoms with E-state index >= 15 is 0 Å². The largest absolute Gasteiger partial charge is 1.00 e. The van der Waals surface area contributed by atoms with E-state index in [-0.39, 0.29) is 30.2 Å². The summed E-state index contributed by atoms with van der Waals surface area (Å²) in [6.45, 7) is 11.2. The van der Waals surface area contributed by atoms with E-state index in [2.05, 4.69) is 143 Å². The molecule has 0 spiro atoms. The molecule has 0 radical (unpaired) electrons. The molecule has 0 heterocycles. The zero-order chi connectivity index (χ0) is 25.7. The van der Waals surface area contributed by atoms with Crippen molar-refractivity contribution in [2.24, 2.45) is 0 Å². The molecule has 194 valence electrons. The van der Waals surface area contributed by atoms with Gasteiger partial charge >= 0.3 is 41.9 Å². The molecular formula is C34H34Cl2SiZr-2. The Morgan fingerprint density at radius 2 is 1.16 bits per heavy atom. The van der Waals surface area contributed by atoms with Crippen molar-refractivity contribution < 1.29 is 48.1 Å². The monoisotopic (exact) mass is 630 g/mol. The second kappa shape index (κ2) is 15.0. The SMILES string of the molecule is CC(C)c1cc2ccccc2[cH-]1.C[Si](C)=[Zr+2].Cc1cc2c(-c3cccc4ccccc34)cccc2[cH-]1.[Cl-].[Cl-]. The Kier molecular flexibility index (Phi) is 12.7. The van der Waals surface area contributed by atoms with E-state index in [9.17, 15) is 0 Å². The molecule has 0 saturated heterocycles. The van der Waals surface area contributed by atoms with Crippen molar-refractivity contribution in [2.45, 2.75) is 39.8 Å². The third-order valence-electron chi connectivity index (χ3n) is 6.28. The predicted molar refractivity (Wildman–Crippen MR) is 158 cm³/mol. The first-order valence-corrected chi connectivity index (χ1v) is 18.8. The fourth-order valence-electron chi connectivity index (χ4n) is 4.59. The molecule has 0 bridgehead atoms. The Balaban J connectivity index is 0.000000243. The van der Waals surface area contributed by atoms with Crippen LogP contribution in [-0.4, -0.2) is 5.43 Å². The molecule has 6 rings (SSSR count). The van der Waals surface area contributed by atoms with E-state index in [4.69, 9.17) is 0 Å². The Morgan fingerprint density at radius 3 is 1.82 bits per heavy atom. The zero-order valence-corrected chi connectivity index (χ0v) is 27.7. The molecule has 6 aromatic rings.